The van der Waals surface area contributed by atoms with E-state index < -0.39 is 0 Å². The number of imidazole rings is 1. The van der Waals surface area contributed by atoms with Crippen LogP contribution < -0.4 is 4.74 Å². The van der Waals surface area contributed by atoms with Gasteiger partial charge in [-0.1, -0.05) is 27.2 Å². The predicted octanol–water partition coefficient (Wildman–Crippen LogP) is 4.59. The number of fused-ring (bicyclic) bond motifs is 1. The van der Waals surface area contributed by atoms with Crippen LogP contribution >= 0.6 is 0 Å². The molecule has 2 aromatic heterocycles. The van der Waals surface area contributed by atoms with Crippen molar-refractivity contribution in [3.05, 3.63) is 29.7 Å². The van der Waals surface area contributed by atoms with Crippen LogP contribution in [0.3, 0.4) is 0 Å². The zero-order valence-electron chi connectivity index (χ0n) is 15.6. The second kappa shape index (κ2) is 7.46. The van der Waals surface area contributed by atoms with Gasteiger partial charge in [-0.3, -0.25) is 0 Å². The van der Waals surface area contributed by atoms with Crippen molar-refractivity contribution in [2.24, 2.45) is 5.92 Å². The van der Waals surface area contributed by atoms with E-state index in [0.717, 1.165) is 43.4 Å². The van der Waals surface area contributed by atoms with Crippen molar-refractivity contribution in [1.82, 2.24) is 9.38 Å². The Hall–Kier alpha value is -2.04. The lowest BCUT2D eigenvalue weighted by Crippen LogP contribution is -2.32. The molecular weight excluding hydrogens is 316 g/mol. The van der Waals surface area contributed by atoms with Gasteiger partial charge in [0.15, 0.2) is 0 Å². The minimum Gasteiger partial charge on any atom is -0.489 e. The first-order valence-electron chi connectivity index (χ1n) is 9.33. The van der Waals surface area contributed by atoms with Crippen LogP contribution in [0.5, 0.6) is 5.75 Å². The molecule has 3 rings (SSSR count). The molecule has 0 aromatic carbocycles. The number of carbonyl (C=O) groups is 1. The highest BCUT2D eigenvalue weighted by molar-refractivity contribution is 5.92. The molecule has 1 unspecified atom stereocenters. The lowest BCUT2D eigenvalue weighted by molar-refractivity contribution is 0.0556. The van der Waals surface area contributed by atoms with E-state index in [2.05, 4.69) is 20.8 Å². The van der Waals surface area contributed by atoms with Crippen LogP contribution in [0.2, 0.25) is 0 Å². The van der Waals surface area contributed by atoms with Gasteiger partial charge in [-0.25, -0.2) is 9.78 Å². The molecule has 25 heavy (non-hydrogen) atoms. The molecule has 0 amide bonds. The Kier molecular flexibility index (Phi) is 5.30. The zero-order valence-corrected chi connectivity index (χ0v) is 15.6. The molecule has 2 heterocycles. The van der Waals surface area contributed by atoms with Gasteiger partial charge in [-0.2, -0.15) is 0 Å². The Morgan fingerprint density at radius 1 is 1.36 bits per heavy atom. The number of rotatable bonds is 7. The largest absolute Gasteiger partial charge is 0.489 e. The van der Waals surface area contributed by atoms with Crippen LogP contribution in [0, 0.1) is 5.92 Å². The van der Waals surface area contributed by atoms with E-state index in [-0.39, 0.29) is 12.1 Å². The summed E-state index contributed by atoms with van der Waals surface area (Å²) in [6.45, 7) is 6.60. The Balaban J connectivity index is 1.96. The van der Waals surface area contributed by atoms with E-state index in [9.17, 15) is 4.79 Å². The lowest BCUT2D eigenvalue weighted by Gasteiger charge is -2.33. The van der Waals surface area contributed by atoms with Gasteiger partial charge in [0.25, 0.3) is 0 Å². The second-order valence-electron chi connectivity index (χ2n) is 7.18. The minimum absolute atomic E-state index is 0.179. The van der Waals surface area contributed by atoms with Gasteiger partial charge in [0.05, 0.1) is 18.9 Å². The van der Waals surface area contributed by atoms with E-state index >= 15 is 0 Å². The molecule has 1 aliphatic rings. The molecule has 0 saturated heterocycles. The van der Waals surface area contributed by atoms with E-state index in [1.165, 1.54) is 7.11 Å². The summed E-state index contributed by atoms with van der Waals surface area (Å²) in [7, 11) is 1.40. The number of esters is 1. The van der Waals surface area contributed by atoms with Crippen LogP contribution in [0.15, 0.2) is 18.5 Å². The van der Waals surface area contributed by atoms with E-state index in [1.54, 1.807) is 6.20 Å². The van der Waals surface area contributed by atoms with E-state index in [1.807, 2.05) is 16.7 Å². The van der Waals surface area contributed by atoms with Crippen molar-refractivity contribution in [3.8, 4) is 5.75 Å². The van der Waals surface area contributed by atoms with Gasteiger partial charge in [-0.05, 0) is 31.6 Å². The molecule has 136 valence electrons. The third-order valence-corrected chi connectivity index (χ3v) is 5.15. The third kappa shape index (κ3) is 3.65. The molecule has 0 radical (unpaired) electrons. The van der Waals surface area contributed by atoms with Crippen molar-refractivity contribution in [2.75, 3.05) is 7.11 Å². The summed E-state index contributed by atoms with van der Waals surface area (Å²) in [4.78, 5) is 17.0. The first-order chi connectivity index (χ1) is 12.0. The number of ether oxygens (including phenoxy) is 2. The molecular formula is C20H28N2O3. The highest BCUT2D eigenvalue weighted by Gasteiger charge is 2.29. The average molecular weight is 344 g/mol. The Labute approximate surface area is 149 Å². The molecule has 0 spiro atoms. The number of methoxy groups -OCH3 is 1. The van der Waals surface area contributed by atoms with Crippen LogP contribution in [-0.4, -0.2) is 28.6 Å². The molecule has 1 atom stereocenters. The van der Waals surface area contributed by atoms with Gasteiger partial charge < -0.3 is 13.9 Å². The summed E-state index contributed by atoms with van der Waals surface area (Å²) in [6, 6.07) is 1.87. The van der Waals surface area contributed by atoms with Crippen molar-refractivity contribution in [1.29, 1.82) is 0 Å². The van der Waals surface area contributed by atoms with E-state index in [0.29, 0.717) is 23.1 Å². The molecule has 0 N–H and O–H groups in total. The Morgan fingerprint density at radius 2 is 2.12 bits per heavy atom. The fourth-order valence-electron chi connectivity index (χ4n) is 3.61. The summed E-state index contributed by atoms with van der Waals surface area (Å²) in [5.74, 6) is 1.34. The summed E-state index contributed by atoms with van der Waals surface area (Å²) >= 11 is 0. The number of carbonyl (C=O) groups excluding carboxylic acids is 1. The number of pyridine rings is 1. The summed E-state index contributed by atoms with van der Waals surface area (Å²) in [5, 5.41) is 0. The summed E-state index contributed by atoms with van der Waals surface area (Å²) in [6.07, 6.45) is 9.36. The highest BCUT2D eigenvalue weighted by Crippen LogP contribution is 2.33. The van der Waals surface area contributed by atoms with E-state index in [4.69, 9.17) is 14.5 Å². The monoisotopic (exact) mass is 344 g/mol. The number of hydrogen-bond acceptors (Lipinski definition) is 4. The summed E-state index contributed by atoms with van der Waals surface area (Å²) in [5.41, 5.74) is 2.36. The molecule has 5 nitrogen and oxygen atoms in total. The number of hydrogen-bond donors (Lipinski definition) is 0. The first-order valence-corrected chi connectivity index (χ1v) is 9.33. The van der Waals surface area contributed by atoms with Crippen molar-refractivity contribution < 1.29 is 14.3 Å². The maximum Gasteiger partial charge on any atom is 0.343 e. The third-order valence-electron chi connectivity index (χ3n) is 5.15. The molecule has 1 aliphatic carbocycles. The van der Waals surface area contributed by atoms with Crippen molar-refractivity contribution >= 4 is 11.6 Å². The first kappa shape index (κ1) is 17.8. The standard InChI is InChI=1S/C20H28N2O3/c1-5-7-14(6-2)17-12-22-11-16(20(23)24-4)18(10-19(22)21-17)25-15-8-13(3)9-15/h10-15H,5-9H2,1-4H3. The molecule has 2 aromatic rings. The van der Waals surface area contributed by atoms with Crippen molar-refractivity contribution in [3.63, 3.8) is 0 Å². The van der Waals surface area contributed by atoms with Gasteiger partial charge in [0.1, 0.15) is 17.0 Å². The fourth-order valence-corrected chi connectivity index (χ4v) is 3.61. The predicted molar refractivity (Wildman–Crippen MR) is 97.3 cm³/mol. The quantitative estimate of drug-likeness (QED) is 0.689. The number of aromatic nitrogens is 2. The fraction of sp³-hybridized carbons (Fsp3) is 0.600. The molecule has 1 fully saturated rings. The van der Waals surface area contributed by atoms with Crippen LogP contribution in [0.1, 0.15) is 74.8 Å². The normalized spacial score (nSPS) is 21.0. The minimum atomic E-state index is -0.375. The maximum absolute atomic E-state index is 12.2. The van der Waals surface area contributed by atoms with Gasteiger partial charge in [0.2, 0.25) is 0 Å². The van der Waals surface area contributed by atoms with Crippen molar-refractivity contribution in [2.45, 2.75) is 64.9 Å². The van der Waals surface area contributed by atoms with Gasteiger partial charge in [0, 0.05) is 24.4 Å². The molecule has 1 saturated carbocycles. The zero-order chi connectivity index (χ0) is 18.0. The lowest BCUT2D eigenvalue weighted by atomic mass is 9.84. The Bertz CT molecular complexity index is 747. The molecule has 0 aliphatic heterocycles. The van der Waals surface area contributed by atoms with Crippen LogP contribution in [0.4, 0.5) is 0 Å². The molecule has 5 heteroatoms. The Morgan fingerprint density at radius 3 is 2.72 bits per heavy atom. The summed E-state index contributed by atoms with van der Waals surface area (Å²) < 4.78 is 12.9. The smallest absolute Gasteiger partial charge is 0.343 e. The van der Waals surface area contributed by atoms with Crippen LogP contribution in [-0.2, 0) is 4.74 Å². The highest BCUT2D eigenvalue weighted by atomic mass is 16.5. The van der Waals surface area contributed by atoms with Gasteiger partial charge >= 0.3 is 5.97 Å². The second-order valence-corrected chi connectivity index (χ2v) is 7.18. The topological polar surface area (TPSA) is 52.8 Å². The van der Waals surface area contributed by atoms with Crippen LogP contribution in [0.25, 0.3) is 5.65 Å². The number of nitrogens with zero attached hydrogens (tertiary/aromatic N) is 2. The SMILES string of the molecule is CCCC(CC)c1cn2cc(C(=O)OC)c(OC3CC(C)C3)cc2n1. The maximum atomic E-state index is 12.2. The molecule has 0 bridgehead atoms. The average Bonchev–Trinajstić information content (AvgIpc) is 2.99. The van der Waals surface area contributed by atoms with Gasteiger partial charge in [-0.15, -0.1) is 0 Å².